The van der Waals surface area contributed by atoms with Gasteiger partial charge in [-0.05, 0) is 12.8 Å². The third kappa shape index (κ3) is 14.9. The van der Waals surface area contributed by atoms with E-state index < -0.39 is 36.9 Å². The van der Waals surface area contributed by atoms with Gasteiger partial charge in [-0.1, -0.05) is 97.3 Å². The van der Waals surface area contributed by atoms with Crippen LogP contribution in [-0.4, -0.2) is 57.3 Å². The second kappa shape index (κ2) is 19.3. The Kier molecular flexibility index (Phi) is 18.8. The lowest BCUT2D eigenvalue weighted by Gasteiger charge is -2.27. The zero-order valence-corrected chi connectivity index (χ0v) is 18.8. The molecule has 0 aromatic rings. The summed E-state index contributed by atoms with van der Waals surface area (Å²) in [4.78, 5) is 12.1. The minimum Gasteiger partial charge on any atom is -0.394 e. The fourth-order valence-corrected chi connectivity index (χ4v) is 3.52. The van der Waals surface area contributed by atoms with Gasteiger partial charge in [-0.15, -0.1) is 0 Å². The van der Waals surface area contributed by atoms with E-state index in [1.807, 2.05) is 0 Å². The number of aliphatic hydroxyl groups is 4. The van der Waals surface area contributed by atoms with Crippen LogP contribution in [0.2, 0.25) is 0 Å². The number of rotatable bonds is 20. The topological polar surface area (TPSA) is 110 Å². The Balaban J connectivity index is 4.05. The highest BCUT2D eigenvalue weighted by Crippen LogP contribution is 2.13. The van der Waals surface area contributed by atoms with Gasteiger partial charge in [0.25, 0.3) is 0 Å². The average Bonchev–Trinajstić information content (AvgIpc) is 2.72. The molecule has 0 aliphatic heterocycles. The van der Waals surface area contributed by atoms with E-state index in [9.17, 15) is 25.2 Å². The van der Waals surface area contributed by atoms with Crippen molar-refractivity contribution in [2.24, 2.45) is 0 Å². The molecule has 4 unspecified atom stereocenters. The number of unbranched alkanes of at least 4 members (excludes halogenated alkanes) is 11. The van der Waals surface area contributed by atoms with E-state index in [2.05, 4.69) is 19.2 Å². The number of aliphatic hydroxyl groups excluding tert-OH is 4. The number of hydrogen-bond acceptors (Lipinski definition) is 5. The molecule has 6 nitrogen and oxygen atoms in total. The van der Waals surface area contributed by atoms with Gasteiger partial charge in [0.15, 0.2) is 0 Å². The molecular weight excluding hydrogens is 370 g/mol. The minimum absolute atomic E-state index is 0.370. The van der Waals surface area contributed by atoms with Crippen molar-refractivity contribution in [2.45, 2.75) is 135 Å². The largest absolute Gasteiger partial charge is 0.394 e. The third-order valence-corrected chi connectivity index (χ3v) is 5.57. The van der Waals surface area contributed by atoms with Gasteiger partial charge < -0.3 is 25.7 Å². The van der Waals surface area contributed by atoms with Crippen LogP contribution in [0.3, 0.4) is 0 Å². The smallest absolute Gasteiger partial charge is 0.249 e. The van der Waals surface area contributed by atoms with Crippen molar-refractivity contribution >= 4 is 5.91 Å². The van der Waals surface area contributed by atoms with Crippen molar-refractivity contribution in [3.05, 3.63) is 0 Å². The van der Waals surface area contributed by atoms with Gasteiger partial charge in [0.1, 0.15) is 12.2 Å². The first-order chi connectivity index (χ1) is 14.0. The predicted octanol–water partition coefficient (Wildman–Crippen LogP) is 3.44. The van der Waals surface area contributed by atoms with Crippen LogP contribution in [0.15, 0.2) is 0 Å². The molecule has 0 aromatic carbocycles. The van der Waals surface area contributed by atoms with Crippen LogP contribution < -0.4 is 5.32 Å². The molecule has 1 amide bonds. The molecule has 0 fully saturated rings. The zero-order valence-electron chi connectivity index (χ0n) is 18.8. The molecule has 0 aliphatic rings. The van der Waals surface area contributed by atoms with Crippen LogP contribution in [0.4, 0.5) is 0 Å². The second-order valence-corrected chi connectivity index (χ2v) is 8.34. The lowest BCUT2D eigenvalue weighted by atomic mass is 9.99. The molecule has 0 radical (unpaired) electrons. The van der Waals surface area contributed by atoms with Crippen molar-refractivity contribution in [2.75, 3.05) is 6.61 Å². The Morgan fingerprint density at radius 1 is 0.724 bits per heavy atom. The number of nitrogens with one attached hydrogen (secondary N) is 1. The Labute approximate surface area is 178 Å². The summed E-state index contributed by atoms with van der Waals surface area (Å²) < 4.78 is 0. The van der Waals surface area contributed by atoms with Gasteiger partial charge in [0.05, 0.1) is 18.8 Å². The first kappa shape index (κ1) is 28.3. The monoisotopic (exact) mass is 417 g/mol. The normalized spacial score (nSPS) is 15.7. The van der Waals surface area contributed by atoms with E-state index >= 15 is 0 Å². The van der Waals surface area contributed by atoms with E-state index in [1.165, 1.54) is 32.1 Å². The summed E-state index contributed by atoms with van der Waals surface area (Å²) in [6.07, 6.45) is 11.7. The van der Waals surface area contributed by atoms with Crippen molar-refractivity contribution in [1.29, 1.82) is 0 Å². The van der Waals surface area contributed by atoms with Crippen molar-refractivity contribution < 1.29 is 25.2 Å². The molecule has 6 heteroatoms. The highest BCUT2D eigenvalue weighted by molar-refractivity contribution is 5.80. The highest BCUT2D eigenvalue weighted by Gasteiger charge is 2.28. The van der Waals surface area contributed by atoms with Gasteiger partial charge in [0, 0.05) is 0 Å². The summed E-state index contributed by atoms with van der Waals surface area (Å²) in [5.41, 5.74) is 0. The van der Waals surface area contributed by atoms with Crippen LogP contribution >= 0.6 is 0 Å². The summed E-state index contributed by atoms with van der Waals surface area (Å²) >= 11 is 0. The van der Waals surface area contributed by atoms with Gasteiger partial charge in [-0.3, -0.25) is 4.79 Å². The predicted molar refractivity (Wildman–Crippen MR) is 118 cm³/mol. The van der Waals surface area contributed by atoms with E-state index in [0.717, 1.165) is 51.4 Å². The highest BCUT2D eigenvalue weighted by atomic mass is 16.3. The van der Waals surface area contributed by atoms with E-state index in [-0.39, 0.29) is 0 Å². The number of hydrogen-bond donors (Lipinski definition) is 5. The summed E-state index contributed by atoms with van der Waals surface area (Å²) in [6.45, 7) is 3.85. The number of carbonyl (C=O) groups excluding carboxylic acids is 1. The molecule has 0 aliphatic carbocycles. The fraction of sp³-hybridized carbons (Fsp3) is 0.957. The number of amides is 1. The van der Waals surface area contributed by atoms with Gasteiger partial charge >= 0.3 is 0 Å². The van der Waals surface area contributed by atoms with Crippen molar-refractivity contribution in [1.82, 2.24) is 5.32 Å². The SMILES string of the molecule is CCCCCCCCCCC(O)C(=O)NC(CO)C(O)C(O)CCCCCCC. The average molecular weight is 418 g/mol. The molecule has 0 saturated heterocycles. The molecule has 4 atom stereocenters. The fourth-order valence-electron chi connectivity index (χ4n) is 3.52. The van der Waals surface area contributed by atoms with Crippen LogP contribution in [0.5, 0.6) is 0 Å². The van der Waals surface area contributed by atoms with Gasteiger partial charge in [-0.25, -0.2) is 0 Å². The molecule has 0 heterocycles. The van der Waals surface area contributed by atoms with E-state index in [4.69, 9.17) is 0 Å². The zero-order chi connectivity index (χ0) is 21.9. The summed E-state index contributed by atoms with van der Waals surface area (Å²) in [5.74, 6) is -0.596. The second-order valence-electron chi connectivity index (χ2n) is 8.34. The Hall–Kier alpha value is -0.690. The number of carbonyl (C=O) groups is 1. The molecule has 0 spiro atoms. The standard InChI is InChI=1S/C23H47NO5/c1-3-5-7-9-10-11-13-15-17-21(27)23(29)24-19(18-25)22(28)20(26)16-14-12-8-6-4-2/h19-22,25-28H,3-18H2,1-2H3,(H,24,29). The molecule has 0 rings (SSSR count). The molecular formula is C23H47NO5. The van der Waals surface area contributed by atoms with Crippen LogP contribution in [0.1, 0.15) is 110 Å². The molecule has 0 bridgehead atoms. The maximum atomic E-state index is 12.1. The molecule has 29 heavy (non-hydrogen) atoms. The first-order valence-electron chi connectivity index (χ1n) is 11.9. The summed E-state index contributed by atoms with van der Waals surface area (Å²) in [7, 11) is 0. The first-order valence-corrected chi connectivity index (χ1v) is 11.9. The lowest BCUT2D eigenvalue weighted by Crippen LogP contribution is -2.53. The Morgan fingerprint density at radius 2 is 1.17 bits per heavy atom. The molecule has 0 saturated carbocycles. The van der Waals surface area contributed by atoms with Crippen LogP contribution in [-0.2, 0) is 4.79 Å². The quantitative estimate of drug-likeness (QED) is 0.195. The Morgan fingerprint density at radius 3 is 1.66 bits per heavy atom. The van der Waals surface area contributed by atoms with E-state index in [0.29, 0.717) is 12.8 Å². The molecule has 5 N–H and O–H groups in total. The van der Waals surface area contributed by atoms with Crippen LogP contribution in [0, 0.1) is 0 Å². The third-order valence-electron chi connectivity index (χ3n) is 5.57. The molecule has 174 valence electrons. The molecule has 0 aromatic heterocycles. The minimum atomic E-state index is -1.24. The van der Waals surface area contributed by atoms with Gasteiger partial charge in [-0.2, -0.15) is 0 Å². The van der Waals surface area contributed by atoms with E-state index in [1.54, 1.807) is 0 Å². The van der Waals surface area contributed by atoms with Crippen molar-refractivity contribution in [3.63, 3.8) is 0 Å². The Bertz CT molecular complexity index is 380. The maximum Gasteiger partial charge on any atom is 0.249 e. The van der Waals surface area contributed by atoms with Crippen LogP contribution in [0.25, 0.3) is 0 Å². The van der Waals surface area contributed by atoms with Crippen molar-refractivity contribution in [3.8, 4) is 0 Å². The lowest BCUT2D eigenvalue weighted by molar-refractivity contribution is -0.132. The maximum absolute atomic E-state index is 12.1. The summed E-state index contributed by atoms with van der Waals surface area (Å²) in [5, 5.41) is 42.4. The summed E-state index contributed by atoms with van der Waals surface area (Å²) in [6, 6.07) is -0.971. The van der Waals surface area contributed by atoms with Gasteiger partial charge in [0.2, 0.25) is 5.91 Å².